The largest absolute Gasteiger partial charge is 0.379 e. The number of carbonyl (C=O) groups excluding carboxylic acids is 1. The second-order valence-corrected chi connectivity index (χ2v) is 6.24. The summed E-state index contributed by atoms with van der Waals surface area (Å²) in [5.41, 5.74) is 2.49. The first-order valence-corrected chi connectivity index (χ1v) is 8.53. The van der Waals surface area contributed by atoms with Crippen LogP contribution in [-0.2, 0) is 4.74 Å². The van der Waals surface area contributed by atoms with E-state index in [9.17, 15) is 4.79 Å². The van der Waals surface area contributed by atoms with Gasteiger partial charge >= 0.3 is 6.03 Å². The molecule has 5 heteroatoms. The monoisotopic (exact) mass is 319 g/mol. The third kappa shape index (κ3) is 5.52. The molecule has 0 aromatic heterocycles. The summed E-state index contributed by atoms with van der Waals surface area (Å²) >= 11 is 0. The number of amides is 2. The van der Waals surface area contributed by atoms with E-state index in [2.05, 4.69) is 53.6 Å². The predicted octanol–water partition coefficient (Wildman–Crippen LogP) is 2.47. The lowest BCUT2D eigenvalue weighted by atomic mass is 10.0. The molecule has 1 aliphatic rings. The number of ether oxygens (including phenoxy) is 1. The molecule has 2 amide bonds. The summed E-state index contributed by atoms with van der Waals surface area (Å²) in [6.45, 7) is 10.1. The van der Waals surface area contributed by atoms with E-state index >= 15 is 0 Å². The minimum atomic E-state index is -0.0923. The fourth-order valence-electron chi connectivity index (χ4n) is 2.79. The summed E-state index contributed by atoms with van der Waals surface area (Å²) in [5, 5.41) is 5.99. The van der Waals surface area contributed by atoms with Gasteiger partial charge in [-0.2, -0.15) is 0 Å². The number of benzene rings is 1. The van der Waals surface area contributed by atoms with Gasteiger partial charge in [-0.3, -0.25) is 4.90 Å². The third-order valence-electron chi connectivity index (χ3n) is 4.36. The van der Waals surface area contributed by atoms with E-state index in [1.54, 1.807) is 0 Å². The number of hydrogen-bond acceptors (Lipinski definition) is 3. The number of morpholine rings is 1. The molecule has 2 atom stereocenters. The summed E-state index contributed by atoms with van der Waals surface area (Å²) in [6.07, 6.45) is 0.929. The number of urea groups is 1. The average Bonchev–Trinajstić information content (AvgIpc) is 2.56. The lowest BCUT2D eigenvalue weighted by Crippen LogP contribution is -2.47. The van der Waals surface area contributed by atoms with Crippen molar-refractivity contribution < 1.29 is 9.53 Å². The van der Waals surface area contributed by atoms with Gasteiger partial charge in [-0.05, 0) is 25.8 Å². The van der Waals surface area contributed by atoms with Gasteiger partial charge in [0.1, 0.15) is 0 Å². The number of nitrogens with one attached hydrogen (secondary N) is 2. The van der Waals surface area contributed by atoms with Crippen molar-refractivity contribution in [1.29, 1.82) is 0 Å². The molecule has 1 saturated heterocycles. The second kappa shape index (κ2) is 8.89. The highest BCUT2D eigenvalue weighted by molar-refractivity contribution is 5.74. The van der Waals surface area contributed by atoms with E-state index < -0.39 is 0 Å². The van der Waals surface area contributed by atoms with E-state index in [0.717, 1.165) is 32.7 Å². The van der Waals surface area contributed by atoms with Crippen molar-refractivity contribution in [3.8, 4) is 0 Å². The summed E-state index contributed by atoms with van der Waals surface area (Å²) in [5.74, 6) is 0. The van der Waals surface area contributed by atoms with Crippen LogP contribution in [0.4, 0.5) is 4.79 Å². The molecule has 1 aliphatic heterocycles. The molecule has 2 rings (SSSR count). The molecule has 0 bridgehead atoms. The normalized spacial score (nSPS) is 18.2. The van der Waals surface area contributed by atoms with Gasteiger partial charge in [-0.15, -0.1) is 0 Å². The molecule has 2 N–H and O–H groups in total. The molecule has 1 heterocycles. The zero-order chi connectivity index (χ0) is 16.7. The van der Waals surface area contributed by atoms with Gasteiger partial charge in [0.25, 0.3) is 0 Å². The zero-order valence-electron chi connectivity index (χ0n) is 14.5. The van der Waals surface area contributed by atoms with Crippen LogP contribution in [0.1, 0.15) is 37.4 Å². The van der Waals surface area contributed by atoms with Crippen LogP contribution in [-0.4, -0.2) is 49.8 Å². The Hall–Kier alpha value is -1.59. The molecule has 1 fully saturated rings. The lowest BCUT2D eigenvalue weighted by molar-refractivity contribution is 0.0167. The second-order valence-electron chi connectivity index (χ2n) is 6.24. The number of hydrogen-bond donors (Lipinski definition) is 2. The Morgan fingerprint density at radius 2 is 2.09 bits per heavy atom. The molecule has 0 saturated carbocycles. The molecule has 0 spiro atoms. The maximum Gasteiger partial charge on any atom is 0.315 e. The predicted molar refractivity (Wildman–Crippen MR) is 92.6 cm³/mol. The summed E-state index contributed by atoms with van der Waals surface area (Å²) in [4.78, 5) is 14.4. The van der Waals surface area contributed by atoms with Crippen molar-refractivity contribution in [2.45, 2.75) is 39.3 Å². The number of rotatable bonds is 6. The van der Waals surface area contributed by atoms with Crippen LogP contribution < -0.4 is 10.6 Å². The van der Waals surface area contributed by atoms with E-state index in [-0.39, 0.29) is 18.1 Å². The van der Waals surface area contributed by atoms with E-state index in [4.69, 9.17) is 4.74 Å². The van der Waals surface area contributed by atoms with Gasteiger partial charge in [0.15, 0.2) is 0 Å². The van der Waals surface area contributed by atoms with E-state index in [1.807, 2.05) is 6.92 Å². The average molecular weight is 319 g/mol. The molecule has 1 aromatic rings. The fourth-order valence-corrected chi connectivity index (χ4v) is 2.79. The van der Waals surface area contributed by atoms with Gasteiger partial charge in [0.2, 0.25) is 0 Å². The quantitative estimate of drug-likeness (QED) is 0.847. The Balaban J connectivity index is 2.03. The Morgan fingerprint density at radius 1 is 1.35 bits per heavy atom. The van der Waals surface area contributed by atoms with Crippen LogP contribution in [0.3, 0.4) is 0 Å². The molecule has 0 radical (unpaired) electrons. The van der Waals surface area contributed by atoms with Crippen molar-refractivity contribution in [3.05, 3.63) is 35.4 Å². The van der Waals surface area contributed by atoms with Gasteiger partial charge in [0, 0.05) is 25.7 Å². The Kier molecular flexibility index (Phi) is 6.86. The first-order valence-electron chi connectivity index (χ1n) is 8.53. The minimum absolute atomic E-state index is 0.0923. The van der Waals surface area contributed by atoms with Crippen LogP contribution in [0, 0.1) is 6.92 Å². The summed E-state index contributed by atoms with van der Waals surface area (Å²) in [7, 11) is 0. The SMILES string of the molecule is CCC(C)NC(=O)NCC(c1cccc(C)c1)N1CCOCC1. The van der Waals surface area contributed by atoms with Crippen molar-refractivity contribution in [2.24, 2.45) is 0 Å². The highest BCUT2D eigenvalue weighted by Gasteiger charge is 2.23. The van der Waals surface area contributed by atoms with Crippen molar-refractivity contribution >= 4 is 6.03 Å². The molecule has 2 unspecified atom stereocenters. The highest BCUT2D eigenvalue weighted by atomic mass is 16.5. The third-order valence-corrected chi connectivity index (χ3v) is 4.36. The maximum atomic E-state index is 12.0. The summed E-state index contributed by atoms with van der Waals surface area (Å²) in [6, 6.07) is 8.80. The number of carbonyl (C=O) groups is 1. The van der Waals surface area contributed by atoms with E-state index in [0.29, 0.717) is 6.54 Å². The molecule has 128 valence electrons. The van der Waals surface area contributed by atoms with Gasteiger partial charge < -0.3 is 15.4 Å². The molecule has 23 heavy (non-hydrogen) atoms. The van der Waals surface area contributed by atoms with Crippen LogP contribution >= 0.6 is 0 Å². The van der Waals surface area contributed by atoms with Gasteiger partial charge in [0.05, 0.1) is 19.3 Å². The molecular formula is C18H29N3O2. The van der Waals surface area contributed by atoms with Crippen LogP contribution in [0.5, 0.6) is 0 Å². The van der Waals surface area contributed by atoms with Crippen molar-refractivity contribution in [1.82, 2.24) is 15.5 Å². The van der Waals surface area contributed by atoms with Crippen LogP contribution in [0.2, 0.25) is 0 Å². The van der Waals surface area contributed by atoms with Crippen LogP contribution in [0.25, 0.3) is 0 Å². The molecule has 0 aliphatic carbocycles. The zero-order valence-corrected chi connectivity index (χ0v) is 14.5. The van der Waals surface area contributed by atoms with Crippen LogP contribution in [0.15, 0.2) is 24.3 Å². The smallest absolute Gasteiger partial charge is 0.315 e. The first-order chi connectivity index (χ1) is 11.1. The molecular weight excluding hydrogens is 290 g/mol. The Bertz CT molecular complexity index is 501. The maximum absolute atomic E-state index is 12.0. The molecule has 5 nitrogen and oxygen atoms in total. The van der Waals surface area contributed by atoms with Gasteiger partial charge in [-0.1, -0.05) is 36.8 Å². The van der Waals surface area contributed by atoms with Crippen molar-refractivity contribution in [3.63, 3.8) is 0 Å². The summed E-state index contributed by atoms with van der Waals surface area (Å²) < 4.78 is 5.46. The van der Waals surface area contributed by atoms with E-state index in [1.165, 1.54) is 11.1 Å². The highest BCUT2D eigenvalue weighted by Crippen LogP contribution is 2.22. The fraction of sp³-hybridized carbons (Fsp3) is 0.611. The minimum Gasteiger partial charge on any atom is -0.379 e. The topological polar surface area (TPSA) is 53.6 Å². The lowest BCUT2D eigenvalue weighted by Gasteiger charge is -2.35. The molecule has 1 aromatic carbocycles. The standard InChI is InChI=1S/C18H29N3O2/c1-4-15(3)20-18(22)19-13-17(21-8-10-23-11-9-21)16-7-5-6-14(2)12-16/h5-7,12,15,17H,4,8-11,13H2,1-3H3,(H2,19,20,22). The number of nitrogens with zero attached hydrogens (tertiary/aromatic N) is 1. The van der Waals surface area contributed by atoms with Gasteiger partial charge in [-0.25, -0.2) is 4.79 Å². The first kappa shape index (κ1) is 17.8. The Morgan fingerprint density at radius 3 is 2.74 bits per heavy atom. The Labute approximate surface area is 139 Å². The van der Waals surface area contributed by atoms with Crippen molar-refractivity contribution in [2.75, 3.05) is 32.8 Å². The number of aryl methyl sites for hydroxylation is 1.